The molecule has 172 valence electrons. The maximum atomic E-state index is 8.29. The molecule has 31 heavy (non-hydrogen) atoms. The van der Waals surface area contributed by atoms with Crippen LogP contribution in [0, 0.1) is 54.3 Å². The van der Waals surface area contributed by atoms with Gasteiger partial charge in [-0.25, -0.2) is 0 Å². The highest BCUT2D eigenvalue weighted by molar-refractivity contribution is 6.01. The third-order valence-corrected chi connectivity index (χ3v) is 5.40. The van der Waals surface area contributed by atoms with Gasteiger partial charge in [-0.05, 0) is 69.8 Å². The first-order valence-corrected chi connectivity index (χ1v) is 11.9. The summed E-state index contributed by atoms with van der Waals surface area (Å²) in [5.74, 6) is 4.98. The molecule has 0 saturated carbocycles. The lowest BCUT2D eigenvalue weighted by Gasteiger charge is -2.25. The Morgan fingerprint density at radius 3 is 2.39 bits per heavy atom. The number of terminal acetylenes is 2. The normalized spacial score (nSPS) is 22.4. The van der Waals surface area contributed by atoms with E-state index in [9.17, 15) is 0 Å². The predicted molar refractivity (Wildman–Crippen MR) is 142 cm³/mol. The van der Waals surface area contributed by atoms with Crippen molar-refractivity contribution in [1.82, 2.24) is 0 Å². The van der Waals surface area contributed by atoms with Gasteiger partial charge < -0.3 is 5.41 Å². The largest absolute Gasteiger partial charge is 0.304 e. The van der Waals surface area contributed by atoms with Crippen molar-refractivity contribution in [3.05, 3.63) is 47.6 Å². The van der Waals surface area contributed by atoms with Crippen LogP contribution in [0.3, 0.4) is 0 Å². The van der Waals surface area contributed by atoms with Crippen molar-refractivity contribution in [2.75, 3.05) is 0 Å². The van der Waals surface area contributed by atoms with E-state index in [1.54, 1.807) is 0 Å². The highest BCUT2D eigenvalue weighted by atomic mass is 14.5. The first-order chi connectivity index (χ1) is 14.9. The molecule has 0 saturated heterocycles. The SMILES string of the molecule is C#C.C#CC(C)CC=C(C)C.CC.CCC1=CC=CC(CC2CC=CCC(C)C2)C1=N. The third-order valence-electron chi connectivity index (χ3n) is 5.40. The van der Waals surface area contributed by atoms with Crippen LogP contribution in [-0.2, 0) is 0 Å². The van der Waals surface area contributed by atoms with Gasteiger partial charge in [0.25, 0.3) is 0 Å². The van der Waals surface area contributed by atoms with E-state index < -0.39 is 0 Å². The Kier molecular flexibility index (Phi) is 19.7. The van der Waals surface area contributed by atoms with Crippen molar-refractivity contribution in [2.24, 2.45) is 23.7 Å². The fraction of sp³-hybridized carbons (Fsp3) is 0.567. The standard InChI is InChI=1S/C17H25N.C9H14.C2H6.C2H2/c1-3-15-9-6-10-16(17(15)18)12-14-8-5-4-7-13(2)11-14;1-5-9(4)7-6-8(2)3;2*1-2/h4-6,9-10,13-14,16,18H,3,7-8,11-12H2,1-2H3;1,6,9H,7H2,2-4H3;1-2H3;1-2H. The summed E-state index contributed by atoms with van der Waals surface area (Å²) in [4.78, 5) is 0. The molecular formula is C30H47N. The lowest BCUT2D eigenvalue weighted by atomic mass is 9.80. The molecule has 2 rings (SSSR count). The molecule has 0 bridgehead atoms. The average molecular weight is 422 g/mol. The predicted octanol–water partition coefficient (Wildman–Crippen LogP) is 8.80. The summed E-state index contributed by atoms with van der Waals surface area (Å²) in [6.07, 6.45) is 33.4. The second-order valence-corrected chi connectivity index (χ2v) is 8.42. The molecular weight excluding hydrogens is 374 g/mol. The Hall–Kier alpha value is -2.25. The van der Waals surface area contributed by atoms with E-state index in [1.165, 1.54) is 30.4 Å². The van der Waals surface area contributed by atoms with Crippen molar-refractivity contribution >= 4 is 5.71 Å². The number of hydrogen-bond donors (Lipinski definition) is 1. The quantitative estimate of drug-likeness (QED) is 0.339. The zero-order valence-electron chi connectivity index (χ0n) is 21.2. The Morgan fingerprint density at radius 1 is 1.23 bits per heavy atom. The maximum Gasteiger partial charge on any atom is 0.0414 e. The van der Waals surface area contributed by atoms with E-state index in [1.807, 2.05) is 13.8 Å². The molecule has 0 amide bonds. The second kappa shape index (κ2) is 19.7. The van der Waals surface area contributed by atoms with Crippen molar-refractivity contribution < 1.29 is 0 Å². The Morgan fingerprint density at radius 2 is 1.84 bits per heavy atom. The first kappa shape index (κ1) is 30.9. The third kappa shape index (κ3) is 14.4. The summed E-state index contributed by atoms with van der Waals surface area (Å²) in [7, 11) is 0. The topological polar surface area (TPSA) is 23.9 Å². The van der Waals surface area contributed by atoms with E-state index in [0.29, 0.717) is 11.8 Å². The van der Waals surface area contributed by atoms with Crippen LogP contribution in [0.2, 0.25) is 0 Å². The lowest BCUT2D eigenvalue weighted by molar-refractivity contribution is 0.371. The summed E-state index contributed by atoms with van der Waals surface area (Å²) in [5, 5.41) is 8.29. The molecule has 0 aromatic carbocycles. The van der Waals surface area contributed by atoms with Crippen LogP contribution in [0.15, 0.2) is 47.6 Å². The summed E-state index contributed by atoms with van der Waals surface area (Å²) in [6, 6.07) is 0. The molecule has 1 heteroatoms. The second-order valence-electron chi connectivity index (χ2n) is 8.42. The van der Waals surface area contributed by atoms with E-state index in [4.69, 9.17) is 11.8 Å². The van der Waals surface area contributed by atoms with Gasteiger partial charge in [-0.2, -0.15) is 0 Å². The molecule has 1 N–H and O–H groups in total. The minimum absolute atomic E-state index is 0.355. The van der Waals surface area contributed by atoms with Crippen LogP contribution >= 0.6 is 0 Å². The van der Waals surface area contributed by atoms with E-state index in [2.05, 4.69) is 89.8 Å². The summed E-state index contributed by atoms with van der Waals surface area (Å²) < 4.78 is 0. The van der Waals surface area contributed by atoms with Crippen LogP contribution in [0.1, 0.15) is 87.0 Å². The van der Waals surface area contributed by atoms with Gasteiger partial charge in [0, 0.05) is 17.5 Å². The zero-order chi connectivity index (χ0) is 24.2. The molecule has 1 nitrogen and oxygen atoms in total. The van der Waals surface area contributed by atoms with Gasteiger partial charge in [-0.3, -0.25) is 0 Å². The smallest absolute Gasteiger partial charge is 0.0414 e. The van der Waals surface area contributed by atoms with Gasteiger partial charge in [0.2, 0.25) is 0 Å². The molecule has 4 atom stereocenters. The van der Waals surface area contributed by atoms with Crippen molar-refractivity contribution in [3.8, 4) is 25.2 Å². The Labute approximate surface area is 194 Å². The number of rotatable bonds is 5. The number of allylic oxidation sites excluding steroid dienone is 8. The van der Waals surface area contributed by atoms with Crippen molar-refractivity contribution in [1.29, 1.82) is 5.41 Å². The first-order valence-electron chi connectivity index (χ1n) is 11.9. The van der Waals surface area contributed by atoms with Crippen LogP contribution in [0.4, 0.5) is 0 Å². The highest BCUT2D eigenvalue weighted by Crippen LogP contribution is 2.31. The molecule has 0 heterocycles. The fourth-order valence-corrected chi connectivity index (χ4v) is 3.65. The molecule has 2 aliphatic carbocycles. The zero-order valence-corrected chi connectivity index (χ0v) is 21.2. The molecule has 0 fully saturated rings. The average Bonchev–Trinajstić information content (AvgIpc) is 3.00. The van der Waals surface area contributed by atoms with Crippen molar-refractivity contribution in [3.63, 3.8) is 0 Å². The summed E-state index contributed by atoms with van der Waals surface area (Å²) in [6.45, 7) is 14.7. The number of hydrogen-bond acceptors (Lipinski definition) is 1. The van der Waals surface area contributed by atoms with E-state index in [-0.39, 0.29) is 0 Å². The molecule has 0 radical (unpaired) electrons. The Balaban J connectivity index is 0. The summed E-state index contributed by atoms with van der Waals surface area (Å²) in [5.41, 5.74) is 3.43. The molecule has 0 aromatic heterocycles. The van der Waals surface area contributed by atoms with Gasteiger partial charge in [-0.15, -0.1) is 25.2 Å². The monoisotopic (exact) mass is 421 g/mol. The van der Waals surface area contributed by atoms with Crippen LogP contribution in [0.5, 0.6) is 0 Å². The highest BCUT2D eigenvalue weighted by Gasteiger charge is 2.23. The molecule has 0 aliphatic heterocycles. The molecule has 2 aliphatic rings. The van der Waals surface area contributed by atoms with Crippen LogP contribution < -0.4 is 0 Å². The van der Waals surface area contributed by atoms with E-state index in [0.717, 1.165) is 36.8 Å². The number of nitrogens with one attached hydrogen (secondary N) is 1. The minimum Gasteiger partial charge on any atom is -0.304 e. The van der Waals surface area contributed by atoms with Gasteiger partial charge >= 0.3 is 0 Å². The molecule has 0 aromatic rings. The van der Waals surface area contributed by atoms with Gasteiger partial charge in [0.15, 0.2) is 0 Å². The van der Waals surface area contributed by atoms with Crippen molar-refractivity contribution in [2.45, 2.75) is 87.0 Å². The Bertz CT molecular complexity index is 658. The minimum atomic E-state index is 0.355. The van der Waals surface area contributed by atoms with Crippen LogP contribution in [-0.4, -0.2) is 5.71 Å². The van der Waals surface area contributed by atoms with Gasteiger partial charge in [0.1, 0.15) is 0 Å². The fourth-order valence-electron chi connectivity index (χ4n) is 3.65. The van der Waals surface area contributed by atoms with Gasteiger partial charge in [0.05, 0.1) is 0 Å². The van der Waals surface area contributed by atoms with E-state index >= 15 is 0 Å². The van der Waals surface area contributed by atoms with Gasteiger partial charge in [-0.1, -0.05) is 76.6 Å². The molecule has 0 spiro atoms. The molecule has 4 unspecified atom stereocenters. The van der Waals surface area contributed by atoms with Crippen LogP contribution in [0.25, 0.3) is 0 Å². The summed E-state index contributed by atoms with van der Waals surface area (Å²) >= 11 is 0. The lowest BCUT2D eigenvalue weighted by Crippen LogP contribution is -2.20. The maximum absolute atomic E-state index is 8.29.